The molecule has 1 unspecified atom stereocenters. The van der Waals surface area contributed by atoms with Gasteiger partial charge in [0.25, 0.3) is 5.91 Å². The molecule has 0 aromatic heterocycles. The number of rotatable bonds is 6. The first-order valence-electron chi connectivity index (χ1n) is 8.06. The van der Waals surface area contributed by atoms with Crippen LogP contribution in [0.4, 0.5) is 0 Å². The van der Waals surface area contributed by atoms with Crippen LogP contribution in [0.1, 0.15) is 36.5 Å². The lowest BCUT2D eigenvalue weighted by Gasteiger charge is -2.28. The maximum absolute atomic E-state index is 13.0. The fourth-order valence-corrected chi connectivity index (χ4v) is 5.43. The number of halogens is 1. The van der Waals surface area contributed by atoms with Crippen molar-refractivity contribution in [2.45, 2.75) is 37.1 Å². The Bertz CT molecular complexity index is 865. The average Bonchev–Trinajstić information content (AvgIpc) is 2.86. The Hall–Kier alpha value is -1.12. The van der Waals surface area contributed by atoms with Gasteiger partial charge in [-0.1, -0.05) is 24.9 Å². The lowest BCUT2D eigenvalue weighted by atomic mass is 10.1. The summed E-state index contributed by atoms with van der Waals surface area (Å²) in [6, 6.07) is 3.60. The third-order valence-electron chi connectivity index (χ3n) is 4.26. The largest absolute Gasteiger partial charge is 0.335 e. The minimum atomic E-state index is -3.48. The summed E-state index contributed by atoms with van der Waals surface area (Å²) in [6.07, 6.45) is 3.02. The number of carbonyl (C=O) groups is 1. The highest BCUT2D eigenvalue weighted by atomic mass is 35.5. The van der Waals surface area contributed by atoms with Crippen LogP contribution in [0.15, 0.2) is 23.1 Å². The number of benzene rings is 1. The van der Waals surface area contributed by atoms with Gasteiger partial charge >= 0.3 is 0 Å². The highest BCUT2D eigenvalue weighted by Crippen LogP contribution is 2.26. The molecule has 1 heterocycles. The van der Waals surface area contributed by atoms with Crippen LogP contribution in [0, 0.1) is 0 Å². The fourth-order valence-electron chi connectivity index (χ4n) is 2.85. The Morgan fingerprint density at radius 1 is 1.36 bits per heavy atom. The number of nitrogens with zero attached hydrogens (tertiary/aromatic N) is 1. The predicted octanol–water partition coefficient (Wildman–Crippen LogP) is 2.17. The third-order valence-corrected chi connectivity index (χ3v) is 7.45. The van der Waals surface area contributed by atoms with E-state index in [4.69, 9.17) is 11.6 Å². The van der Waals surface area contributed by atoms with E-state index in [2.05, 4.69) is 0 Å². The van der Waals surface area contributed by atoms with Gasteiger partial charge in [-0.3, -0.25) is 4.79 Å². The molecule has 1 aliphatic heterocycles. The van der Waals surface area contributed by atoms with E-state index in [1.165, 1.54) is 23.1 Å². The van der Waals surface area contributed by atoms with Gasteiger partial charge in [0, 0.05) is 18.8 Å². The van der Waals surface area contributed by atoms with Crippen LogP contribution in [-0.2, 0) is 19.7 Å². The van der Waals surface area contributed by atoms with Crippen molar-refractivity contribution in [1.29, 1.82) is 0 Å². The lowest BCUT2D eigenvalue weighted by molar-refractivity contribution is 0.0694. The molecular formula is C16H22ClNO5S2. The normalized spacial score (nSPS) is 19.7. The summed E-state index contributed by atoms with van der Waals surface area (Å²) >= 11 is 6.12. The van der Waals surface area contributed by atoms with Crippen molar-refractivity contribution in [1.82, 2.24) is 4.90 Å². The van der Waals surface area contributed by atoms with Gasteiger partial charge in [-0.05, 0) is 31.0 Å². The maximum atomic E-state index is 13.0. The van der Waals surface area contributed by atoms with E-state index in [1.54, 1.807) is 0 Å². The predicted molar refractivity (Wildman–Crippen MR) is 97.6 cm³/mol. The van der Waals surface area contributed by atoms with Gasteiger partial charge in [0.15, 0.2) is 19.7 Å². The second kappa shape index (κ2) is 7.63. The van der Waals surface area contributed by atoms with Crippen LogP contribution in [0.25, 0.3) is 0 Å². The summed E-state index contributed by atoms with van der Waals surface area (Å²) in [5.74, 6) is -0.428. The third kappa shape index (κ3) is 4.95. The molecule has 1 saturated heterocycles. The van der Waals surface area contributed by atoms with Crippen LogP contribution < -0.4 is 0 Å². The smallest absolute Gasteiger partial charge is 0.255 e. The SMILES string of the molecule is CCCCN(C(=O)c1cc(S(C)(=O)=O)ccc1Cl)C1CCS(=O)(=O)C1. The number of hydrogen-bond donors (Lipinski definition) is 0. The number of hydrogen-bond acceptors (Lipinski definition) is 5. The van der Waals surface area contributed by atoms with Gasteiger partial charge < -0.3 is 4.90 Å². The van der Waals surface area contributed by atoms with Crippen molar-refractivity contribution in [3.63, 3.8) is 0 Å². The van der Waals surface area contributed by atoms with Gasteiger partial charge in [-0.25, -0.2) is 16.8 Å². The summed E-state index contributed by atoms with van der Waals surface area (Å²) < 4.78 is 47.1. The molecule has 0 radical (unpaired) electrons. The molecule has 25 heavy (non-hydrogen) atoms. The first-order chi connectivity index (χ1) is 11.5. The molecule has 0 N–H and O–H groups in total. The lowest BCUT2D eigenvalue weighted by Crippen LogP contribution is -2.42. The summed E-state index contributed by atoms with van der Waals surface area (Å²) in [5, 5.41) is 0.153. The number of sulfone groups is 2. The zero-order valence-electron chi connectivity index (χ0n) is 14.2. The molecule has 9 heteroatoms. The van der Waals surface area contributed by atoms with Crippen molar-refractivity contribution >= 4 is 37.2 Å². The van der Waals surface area contributed by atoms with Gasteiger partial charge in [-0.15, -0.1) is 0 Å². The second-order valence-electron chi connectivity index (χ2n) is 6.32. The van der Waals surface area contributed by atoms with Crippen LogP contribution in [0.2, 0.25) is 5.02 Å². The molecule has 1 atom stereocenters. The Labute approximate surface area is 154 Å². The minimum Gasteiger partial charge on any atom is -0.335 e. The molecule has 1 aromatic carbocycles. The Kier molecular flexibility index (Phi) is 6.17. The van der Waals surface area contributed by atoms with Crippen LogP contribution >= 0.6 is 11.6 Å². The maximum Gasteiger partial charge on any atom is 0.255 e. The fraction of sp³-hybridized carbons (Fsp3) is 0.562. The Morgan fingerprint density at radius 2 is 2.04 bits per heavy atom. The standard InChI is InChI=1S/C16H22ClNO5S2/c1-3-4-8-18(12-7-9-25(22,23)11-12)16(19)14-10-13(24(2,20)21)5-6-15(14)17/h5-6,10,12H,3-4,7-9,11H2,1-2H3. The van der Waals surface area contributed by atoms with Crippen LogP contribution in [-0.4, -0.2) is 58.0 Å². The quantitative estimate of drug-likeness (QED) is 0.721. The molecule has 0 bridgehead atoms. The molecule has 2 rings (SSSR count). The zero-order chi connectivity index (χ0) is 18.8. The molecule has 1 amide bonds. The topological polar surface area (TPSA) is 88.6 Å². The average molecular weight is 408 g/mol. The van der Waals surface area contributed by atoms with E-state index in [0.717, 1.165) is 19.1 Å². The summed E-state index contributed by atoms with van der Waals surface area (Å²) in [4.78, 5) is 14.5. The van der Waals surface area contributed by atoms with Gasteiger partial charge in [0.1, 0.15) is 0 Å². The number of unbranched alkanes of at least 4 members (excludes halogenated alkanes) is 1. The van der Waals surface area contributed by atoms with E-state index in [9.17, 15) is 21.6 Å². The monoisotopic (exact) mass is 407 g/mol. The summed E-state index contributed by atoms with van der Waals surface area (Å²) in [5.41, 5.74) is 0.0880. The summed E-state index contributed by atoms with van der Waals surface area (Å²) in [6.45, 7) is 2.39. The van der Waals surface area contributed by atoms with Gasteiger partial charge in [0.05, 0.1) is 27.0 Å². The molecule has 0 aliphatic carbocycles. The highest BCUT2D eigenvalue weighted by Gasteiger charge is 2.35. The molecule has 0 saturated carbocycles. The van der Waals surface area contributed by atoms with E-state index in [0.29, 0.717) is 13.0 Å². The molecule has 1 aromatic rings. The van der Waals surface area contributed by atoms with E-state index in [1.807, 2.05) is 6.92 Å². The van der Waals surface area contributed by atoms with Crippen molar-refractivity contribution in [2.24, 2.45) is 0 Å². The van der Waals surface area contributed by atoms with Crippen LogP contribution in [0.5, 0.6) is 0 Å². The van der Waals surface area contributed by atoms with E-state index >= 15 is 0 Å². The number of carbonyl (C=O) groups excluding carboxylic acids is 1. The molecule has 1 fully saturated rings. The summed E-state index contributed by atoms with van der Waals surface area (Å²) in [7, 11) is -6.63. The first kappa shape index (κ1) is 20.2. The van der Waals surface area contributed by atoms with Crippen molar-refractivity contribution in [3.8, 4) is 0 Å². The van der Waals surface area contributed by atoms with Gasteiger partial charge in [-0.2, -0.15) is 0 Å². The van der Waals surface area contributed by atoms with Crippen LogP contribution in [0.3, 0.4) is 0 Å². The zero-order valence-corrected chi connectivity index (χ0v) is 16.6. The Morgan fingerprint density at radius 3 is 2.56 bits per heavy atom. The highest BCUT2D eigenvalue weighted by molar-refractivity contribution is 7.91. The van der Waals surface area contributed by atoms with Crippen molar-refractivity contribution in [2.75, 3.05) is 24.3 Å². The van der Waals surface area contributed by atoms with E-state index < -0.39 is 31.6 Å². The minimum absolute atomic E-state index is 0.00901. The molecule has 0 spiro atoms. The first-order valence-corrected chi connectivity index (χ1v) is 12.1. The van der Waals surface area contributed by atoms with Crippen molar-refractivity contribution in [3.05, 3.63) is 28.8 Å². The second-order valence-corrected chi connectivity index (χ2v) is 11.0. The van der Waals surface area contributed by atoms with E-state index in [-0.39, 0.29) is 27.0 Å². The Balaban J connectivity index is 2.39. The molecule has 140 valence electrons. The molecule has 1 aliphatic rings. The van der Waals surface area contributed by atoms with Crippen molar-refractivity contribution < 1.29 is 21.6 Å². The van der Waals surface area contributed by atoms with Gasteiger partial charge in [0.2, 0.25) is 0 Å². The number of amides is 1. The molecular weight excluding hydrogens is 386 g/mol. The molecule has 6 nitrogen and oxygen atoms in total.